The van der Waals surface area contributed by atoms with E-state index in [1.54, 1.807) is 25.2 Å². The number of sulfonamides is 1. The lowest BCUT2D eigenvalue weighted by molar-refractivity contribution is 0.582. The van der Waals surface area contributed by atoms with Gasteiger partial charge in [-0.1, -0.05) is 23.4 Å². The normalized spacial score (nSPS) is 10.8. The van der Waals surface area contributed by atoms with Crippen LogP contribution in [0.1, 0.15) is 5.56 Å². The molecule has 0 radical (unpaired) electrons. The number of nitrogens with zero attached hydrogens (tertiary/aromatic N) is 2. The fourth-order valence-electron chi connectivity index (χ4n) is 1.68. The monoisotopic (exact) mass is 324 g/mol. The number of anilines is 1. The maximum atomic E-state index is 12.3. The van der Waals surface area contributed by atoms with Crippen molar-refractivity contribution in [3.8, 4) is 11.8 Å². The van der Waals surface area contributed by atoms with Crippen LogP contribution in [-0.4, -0.2) is 24.7 Å². The molecule has 0 unspecified atom stereocenters. The minimum absolute atomic E-state index is 0.0511. The number of hydrogen-bond donors (Lipinski definition) is 2. The molecule has 0 aliphatic carbocycles. The molecule has 0 saturated carbocycles. The molecule has 0 aliphatic rings. The Balaban J connectivity index is 2.42. The predicted octanol–water partition coefficient (Wildman–Crippen LogP) is 1.18. The van der Waals surface area contributed by atoms with Crippen LogP contribution in [0.15, 0.2) is 35.5 Å². The summed E-state index contributed by atoms with van der Waals surface area (Å²) in [5, 5.41) is 4.35. The van der Waals surface area contributed by atoms with Crippen molar-refractivity contribution >= 4 is 27.3 Å². The average molecular weight is 325 g/mol. The number of nitrogens with one attached hydrogen (secondary N) is 1. The Hall–Kier alpha value is -2.01. The van der Waals surface area contributed by atoms with Crippen molar-refractivity contribution < 1.29 is 8.42 Å². The van der Waals surface area contributed by atoms with Gasteiger partial charge in [0.1, 0.15) is 0 Å². The number of rotatable bonds is 3. The summed E-state index contributed by atoms with van der Waals surface area (Å²) in [5.74, 6) is 5.46. The summed E-state index contributed by atoms with van der Waals surface area (Å²) < 4.78 is 28.4. The zero-order chi connectivity index (χ0) is 15.5. The molecule has 1 aromatic carbocycles. The van der Waals surface area contributed by atoms with E-state index in [4.69, 9.17) is 17.3 Å². The molecule has 0 spiro atoms. The van der Waals surface area contributed by atoms with Gasteiger partial charge in [0.25, 0.3) is 10.0 Å². The standard InChI is InChI=1S/C13H13ClN4O2S/c1-18-13(6-8-16-18)21(19,20)17-12-5-4-11(14)9-10(12)3-2-7-15/h4-6,8-9,17H,7,15H2,1H3. The highest BCUT2D eigenvalue weighted by Crippen LogP contribution is 2.22. The quantitative estimate of drug-likeness (QED) is 0.830. The fourth-order valence-corrected chi connectivity index (χ4v) is 3.06. The molecule has 0 aliphatic heterocycles. The Morgan fingerprint density at radius 3 is 2.81 bits per heavy atom. The van der Waals surface area contributed by atoms with Crippen LogP contribution in [0.25, 0.3) is 0 Å². The van der Waals surface area contributed by atoms with Gasteiger partial charge in [-0.2, -0.15) is 13.5 Å². The second-order valence-electron chi connectivity index (χ2n) is 4.09. The molecule has 6 nitrogen and oxygen atoms in total. The average Bonchev–Trinajstić information content (AvgIpc) is 2.86. The minimum atomic E-state index is -3.75. The van der Waals surface area contributed by atoms with E-state index in [1.807, 2.05) is 0 Å². The molecule has 1 aromatic heterocycles. The molecule has 0 fully saturated rings. The van der Waals surface area contributed by atoms with Crippen LogP contribution in [0.4, 0.5) is 5.69 Å². The van der Waals surface area contributed by atoms with Crippen molar-refractivity contribution in [2.75, 3.05) is 11.3 Å². The van der Waals surface area contributed by atoms with Crippen molar-refractivity contribution in [2.24, 2.45) is 12.8 Å². The van der Waals surface area contributed by atoms with Gasteiger partial charge in [0.15, 0.2) is 5.03 Å². The van der Waals surface area contributed by atoms with E-state index in [0.29, 0.717) is 16.3 Å². The van der Waals surface area contributed by atoms with Gasteiger partial charge >= 0.3 is 0 Å². The lowest BCUT2D eigenvalue weighted by atomic mass is 10.2. The largest absolute Gasteiger partial charge is 0.320 e. The second-order valence-corrected chi connectivity index (χ2v) is 6.16. The van der Waals surface area contributed by atoms with Crippen molar-refractivity contribution in [1.82, 2.24) is 9.78 Å². The van der Waals surface area contributed by atoms with Gasteiger partial charge in [0.05, 0.1) is 24.0 Å². The highest BCUT2D eigenvalue weighted by molar-refractivity contribution is 7.92. The molecular formula is C13H13ClN4O2S. The highest BCUT2D eigenvalue weighted by atomic mass is 35.5. The Kier molecular flexibility index (Phi) is 4.53. The van der Waals surface area contributed by atoms with Gasteiger partial charge in [-0.05, 0) is 24.3 Å². The van der Waals surface area contributed by atoms with Crippen LogP contribution >= 0.6 is 11.6 Å². The topological polar surface area (TPSA) is 90.0 Å². The first-order valence-electron chi connectivity index (χ1n) is 5.93. The van der Waals surface area contributed by atoms with Gasteiger partial charge in [-0.3, -0.25) is 9.40 Å². The van der Waals surface area contributed by atoms with E-state index in [2.05, 4.69) is 21.7 Å². The second kappa shape index (κ2) is 6.18. The number of aryl methyl sites for hydroxylation is 1. The zero-order valence-electron chi connectivity index (χ0n) is 11.2. The molecule has 2 aromatic rings. The van der Waals surface area contributed by atoms with Crippen molar-refractivity contribution in [1.29, 1.82) is 0 Å². The van der Waals surface area contributed by atoms with Crippen LogP contribution in [0.2, 0.25) is 5.02 Å². The number of halogens is 1. The smallest absolute Gasteiger partial charge is 0.279 e. The number of nitrogens with two attached hydrogens (primary N) is 1. The SMILES string of the molecule is Cn1nccc1S(=O)(=O)Nc1ccc(Cl)cc1C#CCN. The molecular weight excluding hydrogens is 312 g/mol. The van der Waals surface area contributed by atoms with Gasteiger partial charge < -0.3 is 5.73 Å². The Labute approximate surface area is 128 Å². The van der Waals surface area contributed by atoms with E-state index in [0.717, 1.165) is 0 Å². The zero-order valence-corrected chi connectivity index (χ0v) is 12.7. The van der Waals surface area contributed by atoms with Crippen LogP contribution in [0.3, 0.4) is 0 Å². The summed E-state index contributed by atoms with van der Waals surface area (Å²) >= 11 is 5.90. The lowest BCUT2D eigenvalue weighted by Gasteiger charge is -2.10. The molecule has 2 rings (SSSR count). The van der Waals surface area contributed by atoms with E-state index in [1.165, 1.54) is 16.9 Å². The lowest BCUT2D eigenvalue weighted by Crippen LogP contribution is -2.17. The third-order valence-electron chi connectivity index (χ3n) is 2.60. The van der Waals surface area contributed by atoms with Gasteiger partial charge in [0, 0.05) is 12.1 Å². The molecule has 0 bridgehead atoms. The van der Waals surface area contributed by atoms with Crippen LogP contribution in [-0.2, 0) is 17.1 Å². The van der Waals surface area contributed by atoms with Crippen LogP contribution < -0.4 is 10.5 Å². The molecule has 8 heteroatoms. The maximum Gasteiger partial charge on any atom is 0.279 e. The summed E-state index contributed by atoms with van der Waals surface area (Å²) in [6.07, 6.45) is 1.41. The summed E-state index contributed by atoms with van der Waals surface area (Å²) in [6.45, 7) is 0.167. The Bertz CT molecular complexity index is 818. The maximum absolute atomic E-state index is 12.3. The van der Waals surface area contributed by atoms with Gasteiger partial charge in [-0.15, -0.1) is 0 Å². The fraction of sp³-hybridized carbons (Fsp3) is 0.154. The molecule has 1 heterocycles. The van der Waals surface area contributed by atoms with Crippen molar-refractivity contribution in [3.05, 3.63) is 41.0 Å². The number of hydrogen-bond acceptors (Lipinski definition) is 4. The van der Waals surface area contributed by atoms with Crippen LogP contribution in [0.5, 0.6) is 0 Å². The third-order valence-corrected chi connectivity index (χ3v) is 4.28. The first kappa shape index (κ1) is 15.4. The molecule has 3 N–H and O–H groups in total. The number of aromatic nitrogens is 2. The minimum Gasteiger partial charge on any atom is -0.320 e. The third kappa shape index (κ3) is 3.55. The summed E-state index contributed by atoms with van der Waals surface area (Å²) in [4.78, 5) is 0. The Morgan fingerprint density at radius 2 is 2.19 bits per heavy atom. The van der Waals surface area contributed by atoms with E-state index < -0.39 is 10.0 Å². The predicted molar refractivity (Wildman–Crippen MR) is 81.4 cm³/mol. The van der Waals surface area contributed by atoms with E-state index in [-0.39, 0.29) is 11.6 Å². The number of benzene rings is 1. The Morgan fingerprint density at radius 1 is 1.43 bits per heavy atom. The summed E-state index contributed by atoms with van der Waals surface area (Å²) in [6, 6.07) is 6.11. The molecule has 21 heavy (non-hydrogen) atoms. The van der Waals surface area contributed by atoms with E-state index >= 15 is 0 Å². The molecule has 0 atom stereocenters. The van der Waals surface area contributed by atoms with Gasteiger partial charge in [0.2, 0.25) is 0 Å². The van der Waals surface area contributed by atoms with Gasteiger partial charge in [-0.25, -0.2) is 0 Å². The first-order valence-corrected chi connectivity index (χ1v) is 7.79. The molecule has 0 saturated heterocycles. The highest BCUT2D eigenvalue weighted by Gasteiger charge is 2.19. The molecule has 110 valence electrons. The summed E-state index contributed by atoms with van der Waals surface area (Å²) in [7, 11) is -2.21. The van der Waals surface area contributed by atoms with E-state index in [9.17, 15) is 8.42 Å². The van der Waals surface area contributed by atoms with Crippen molar-refractivity contribution in [2.45, 2.75) is 5.03 Å². The van der Waals surface area contributed by atoms with Crippen LogP contribution in [0, 0.1) is 11.8 Å². The first-order chi connectivity index (χ1) is 9.94. The summed E-state index contributed by atoms with van der Waals surface area (Å²) in [5.41, 5.74) is 6.12. The van der Waals surface area contributed by atoms with Crippen molar-refractivity contribution in [3.63, 3.8) is 0 Å². The molecule has 0 amide bonds.